The number of rotatable bonds is 9. The van der Waals surface area contributed by atoms with Gasteiger partial charge in [-0.3, -0.25) is 10.3 Å². The summed E-state index contributed by atoms with van der Waals surface area (Å²) in [5.74, 6) is -1.47. The second-order valence-corrected chi connectivity index (χ2v) is 6.94. The van der Waals surface area contributed by atoms with Gasteiger partial charge in [-0.1, -0.05) is 42.3 Å². The molecular formula is C21H31NO5. The van der Waals surface area contributed by atoms with Crippen LogP contribution in [0.15, 0.2) is 30.3 Å². The summed E-state index contributed by atoms with van der Waals surface area (Å²) in [7, 11) is 1.33. The maximum Gasteiger partial charge on any atom is 0.366 e. The molecule has 1 aromatic rings. The van der Waals surface area contributed by atoms with Crippen LogP contribution in [0.4, 0.5) is 0 Å². The number of ether oxygens (including phenoxy) is 3. The average Bonchev–Trinajstić information content (AvgIpc) is 2.69. The summed E-state index contributed by atoms with van der Waals surface area (Å²) in [6.07, 6.45) is 4.90. The molecule has 0 atom stereocenters. The van der Waals surface area contributed by atoms with Gasteiger partial charge in [-0.15, -0.1) is 0 Å². The Morgan fingerprint density at radius 2 is 1.93 bits per heavy atom. The fraction of sp³-hybridized carbons (Fsp3) is 0.571. The van der Waals surface area contributed by atoms with Crippen LogP contribution in [0.25, 0.3) is 5.70 Å². The topological polar surface area (TPSA) is 66.0 Å². The molecule has 0 unspecified atom stereocenters. The van der Waals surface area contributed by atoms with Gasteiger partial charge in [0, 0.05) is 12.8 Å². The maximum absolute atomic E-state index is 11.6. The molecule has 0 saturated carbocycles. The molecule has 6 heteroatoms. The summed E-state index contributed by atoms with van der Waals surface area (Å²) >= 11 is 0. The lowest BCUT2D eigenvalue weighted by atomic mass is 10.0. The van der Waals surface area contributed by atoms with E-state index in [4.69, 9.17) is 19.0 Å². The van der Waals surface area contributed by atoms with Crippen molar-refractivity contribution in [2.75, 3.05) is 26.9 Å². The molecule has 1 N–H and O–H groups in total. The van der Waals surface area contributed by atoms with Gasteiger partial charge in [0.25, 0.3) is 5.79 Å². The number of carbonyl (C=O) groups is 1. The van der Waals surface area contributed by atoms with E-state index >= 15 is 0 Å². The van der Waals surface area contributed by atoms with E-state index in [-0.39, 0.29) is 5.92 Å². The summed E-state index contributed by atoms with van der Waals surface area (Å²) in [5, 5.41) is 0. The van der Waals surface area contributed by atoms with Crippen LogP contribution >= 0.6 is 0 Å². The number of esters is 1. The lowest BCUT2D eigenvalue weighted by Crippen LogP contribution is -2.48. The minimum atomic E-state index is -1.27. The first kappa shape index (κ1) is 21.4. The Hall–Kier alpha value is -1.89. The fourth-order valence-electron chi connectivity index (χ4n) is 2.87. The number of aryl methyl sites for hydroxylation is 1. The summed E-state index contributed by atoms with van der Waals surface area (Å²) in [4.78, 5) is 17.2. The predicted octanol–water partition coefficient (Wildman–Crippen LogP) is 3.60. The summed E-state index contributed by atoms with van der Waals surface area (Å²) in [6, 6.07) is 8.32. The van der Waals surface area contributed by atoms with E-state index in [1.165, 1.54) is 12.7 Å². The van der Waals surface area contributed by atoms with Gasteiger partial charge in [-0.2, -0.15) is 0 Å². The monoisotopic (exact) mass is 377 g/mol. The van der Waals surface area contributed by atoms with Gasteiger partial charge in [0.2, 0.25) is 0 Å². The molecule has 150 valence electrons. The highest BCUT2D eigenvalue weighted by atomic mass is 16.7. The number of hydrogen-bond acceptors (Lipinski definition) is 6. The zero-order valence-electron chi connectivity index (χ0n) is 16.7. The third kappa shape index (κ3) is 6.34. The lowest BCUT2D eigenvalue weighted by Gasteiger charge is -2.35. The number of carbonyl (C=O) groups excluding carboxylic acids is 1. The van der Waals surface area contributed by atoms with Crippen LogP contribution in [-0.4, -0.2) is 38.7 Å². The van der Waals surface area contributed by atoms with Crippen LogP contribution in [0.3, 0.4) is 0 Å². The molecular weight excluding hydrogens is 346 g/mol. The first-order valence-corrected chi connectivity index (χ1v) is 9.46. The zero-order chi connectivity index (χ0) is 19.7. The second-order valence-electron chi connectivity index (χ2n) is 6.94. The average molecular weight is 377 g/mol. The van der Waals surface area contributed by atoms with Crippen molar-refractivity contribution in [3.05, 3.63) is 41.5 Å². The number of unbranched alkanes of at least 4 members (excludes halogenated alkanes) is 1. The Labute approximate surface area is 161 Å². The fourth-order valence-corrected chi connectivity index (χ4v) is 2.87. The molecule has 1 aliphatic rings. The largest absolute Gasteiger partial charge is 0.465 e. The van der Waals surface area contributed by atoms with Crippen LogP contribution in [0.1, 0.15) is 44.2 Å². The van der Waals surface area contributed by atoms with Crippen LogP contribution in [0.2, 0.25) is 0 Å². The highest BCUT2D eigenvalue weighted by Crippen LogP contribution is 2.25. The van der Waals surface area contributed by atoms with Crippen molar-refractivity contribution in [1.82, 2.24) is 5.48 Å². The van der Waals surface area contributed by atoms with Crippen LogP contribution in [-0.2, 0) is 23.8 Å². The first-order valence-electron chi connectivity index (χ1n) is 9.46. The molecule has 1 heterocycles. The molecule has 0 bridgehead atoms. The van der Waals surface area contributed by atoms with Crippen molar-refractivity contribution >= 4 is 11.7 Å². The van der Waals surface area contributed by atoms with Crippen molar-refractivity contribution in [3.63, 3.8) is 0 Å². The minimum Gasteiger partial charge on any atom is -0.465 e. The van der Waals surface area contributed by atoms with Crippen molar-refractivity contribution < 1.29 is 23.8 Å². The van der Waals surface area contributed by atoms with Gasteiger partial charge in [-0.05, 0) is 32.3 Å². The van der Waals surface area contributed by atoms with Crippen molar-refractivity contribution in [1.29, 1.82) is 0 Å². The molecule has 1 saturated heterocycles. The molecule has 2 rings (SSSR count). The maximum atomic E-state index is 11.6. The number of nitrogens with one attached hydrogen (secondary N) is 1. The number of methoxy groups -OCH3 is 1. The first-order chi connectivity index (χ1) is 13.0. The van der Waals surface area contributed by atoms with Gasteiger partial charge in [0.15, 0.2) is 0 Å². The van der Waals surface area contributed by atoms with Gasteiger partial charge in [0.05, 0.1) is 32.6 Å². The van der Waals surface area contributed by atoms with E-state index in [1.807, 2.05) is 13.0 Å². The van der Waals surface area contributed by atoms with Gasteiger partial charge in [0.1, 0.15) is 0 Å². The van der Waals surface area contributed by atoms with Crippen LogP contribution < -0.4 is 5.48 Å². The second kappa shape index (κ2) is 10.4. The lowest BCUT2D eigenvalue weighted by molar-refractivity contribution is -0.272. The van der Waals surface area contributed by atoms with E-state index in [0.717, 1.165) is 30.5 Å². The quantitative estimate of drug-likeness (QED) is 0.403. The normalized spacial score (nSPS) is 23.1. The Morgan fingerprint density at radius 3 is 2.52 bits per heavy atom. The van der Waals surface area contributed by atoms with Crippen LogP contribution in [0.5, 0.6) is 0 Å². The molecule has 6 nitrogen and oxygen atoms in total. The van der Waals surface area contributed by atoms with E-state index in [0.29, 0.717) is 19.8 Å². The number of benzene rings is 1. The number of hydroxylamine groups is 1. The molecule has 0 aromatic heterocycles. The van der Waals surface area contributed by atoms with Crippen molar-refractivity contribution in [3.8, 4) is 0 Å². The van der Waals surface area contributed by atoms with E-state index in [2.05, 4.69) is 36.7 Å². The van der Waals surface area contributed by atoms with Crippen molar-refractivity contribution in [2.24, 2.45) is 5.92 Å². The molecule has 0 spiro atoms. The molecule has 1 fully saturated rings. The van der Waals surface area contributed by atoms with Gasteiger partial charge in [-0.25, -0.2) is 4.79 Å². The molecule has 1 aromatic carbocycles. The minimum absolute atomic E-state index is 0.286. The van der Waals surface area contributed by atoms with Crippen LogP contribution in [0, 0.1) is 12.8 Å². The standard InChI is InChI=1S/C21H31NO5/c1-5-19(18-11-9-16(2)10-12-18)22-27-13-7-6-8-17-14-25-21(3,26-15-17)20(23)24-4/h5,9-12,17,22H,6-8,13-15H2,1-4H3. The highest BCUT2D eigenvalue weighted by molar-refractivity contribution is 5.77. The van der Waals surface area contributed by atoms with E-state index < -0.39 is 11.8 Å². The third-order valence-corrected chi connectivity index (χ3v) is 4.69. The summed E-state index contributed by atoms with van der Waals surface area (Å²) < 4.78 is 15.8. The molecule has 0 amide bonds. The third-order valence-electron chi connectivity index (χ3n) is 4.69. The van der Waals surface area contributed by atoms with Gasteiger partial charge >= 0.3 is 5.97 Å². The molecule has 0 aliphatic carbocycles. The van der Waals surface area contributed by atoms with Crippen molar-refractivity contribution in [2.45, 2.75) is 45.8 Å². The van der Waals surface area contributed by atoms with E-state index in [9.17, 15) is 4.79 Å². The van der Waals surface area contributed by atoms with Gasteiger partial charge < -0.3 is 14.2 Å². The predicted molar refractivity (Wildman–Crippen MR) is 104 cm³/mol. The number of allylic oxidation sites excluding steroid dienone is 1. The smallest absolute Gasteiger partial charge is 0.366 e. The Bertz CT molecular complexity index is 618. The summed E-state index contributed by atoms with van der Waals surface area (Å²) in [6.45, 7) is 7.28. The molecule has 1 aliphatic heterocycles. The zero-order valence-corrected chi connectivity index (χ0v) is 16.7. The Kier molecular flexibility index (Phi) is 8.28. The molecule has 0 radical (unpaired) electrons. The Balaban J connectivity index is 1.60. The Morgan fingerprint density at radius 1 is 1.26 bits per heavy atom. The summed E-state index contributed by atoms with van der Waals surface area (Å²) in [5.41, 5.74) is 6.34. The SMILES string of the molecule is CC=C(NOCCCCC1COC(C)(C(=O)OC)OC1)c1ccc(C)cc1. The highest BCUT2D eigenvalue weighted by Gasteiger charge is 2.41. The number of hydrogen-bond donors (Lipinski definition) is 1. The van der Waals surface area contributed by atoms with E-state index in [1.54, 1.807) is 6.92 Å². The molecule has 27 heavy (non-hydrogen) atoms.